The SMILES string of the molecule is CN(Cc1ccsc1)c1ccc(N)c(C(N)=O)c1. The third-order valence-corrected chi connectivity index (χ3v) is 3.48. The highest BCUT2D eigenvalue weighted by Crippen LogP contribution is 2.22. The van der Waals surface area contributed by atoms with E-state index in [-0.39, 0.29) is 0 Å². The van der Waals surface area contributed by atoms with Gasteiger partial charge in [0.2, 0.25) is 0 Å². The van der Waals surface area contributed by atoms with E-state index in [9.17, 15) is 4.79 Å². The molecule has 0 fully saturated rings. The number of amides is 1. The van der Waals surface area contributed by atoms with Gasteiger partial charge in [0.25, 0.3) is 5.91 Å². The van der Waals surface area contributed by atoms with Crippen LogP contribution in [0.15, 0.2) is 35.0 Å². The van der Waals surface area contributed by atoms with Crippen LogP contribution in [-0.4, -0.2) is 13.0 Å². The van der Waals surface area contributed by atoms with Gasteiger partial charge in [0.05, 0.1) is 5.56 Å². The van der Waals surface area contributed by atoms with Crippen LogP contribution < -0.4 is 16.4 Å². The van der Waals surface area contributed by atoms with Crippen molar-refractivity contribution in [3.63, 3.8) is 0 Å². The summed E-state index contributed by atoms with van der Waals surface area (Å²) in [6.07, 6.45) is 0. The van der Waals surface area contributed by atoms with Crippen molar-refractivity contribution in [2.45, 2.75) is 6.54 Å². The van der Waals surface area contributed by atoms with Crippen LogP contribution in [0.4, 0.5) is 11.4 Å². The zero-order valence-corrected chi connectivity index (χ0v) is 10.9. The summed E-state index contributed by atoms with van der Waals surface area (Å²) in [5.41, 5.74) is 13.9. The van der Waals surface area contributed by atoms with Gasteiger partial charge in [-0.1, -0.05) is 0 Å². The molecule has 1 amide bonds. The number of anilines is 2. The summed E-state index contributed by atoms with van der Waals surface area (Å²) >= 11 is 1.67. The Morgan fingerprint density at radius 1 is 1.39 bits per heavy atom. The van der Waals surface area contributed by atoms with Crippen molar-refractivity contribution in [3.05, 3.63) is 46.2 Å². The zero-order valence-electron chi connectivity index (χ0n) is 10.1. The third-order valence-electron chi connectivity index (χ3n) is 2.74. The van der Waals surface area contributed by atoms with Crippen LogP contribution in [0.25, 0.3) is 0 Å². The quantitative estimate of drug-likeness (QED) is 0.827. The first-order chi connectivity index (χ1) is 8.58. The fourth-order valence-corrected chi connectivity index (χ4v) is 2.40. The second kappa shape index (κ2) is 5.10. The summed E-state index contributed by atoms with van der Waals surface area (Å²) in [5.74, 6) is -0.502. The van der Waals surface area contributed by atoms with Gasteiger partial charge < -0.3 is 16.4 Å². The molecule has 0 aliphatic carbocycles. The maximum atomic E-state index is 11.2. The van der Waals surface area contributed by atoms with E-state index in [1.165, 1.54) is 5.56 Å². The minimum absolute atomic E-state index is 0.365. The molecule has 94 valence electrons. The minimum atomic E-state index is -0.502. The van der Waals surface area contributed by atoms with Crippen molar-refractivity contribution < 1.29 is 4.79 Å². The lowest BCUT2D eigenvalue weighted by atomic mass is 10.1. The van der Waals surface area contributed by atoms with Crippen molar-refractivity contribution in [1.82, 2.24) is 0 Å². The monoisotopic (exact) mass is 261 g/mol. The lowest BCUT2D eigenvalue weighted by Crippen LogP contribution is -2.18. The molecule has 5 heteroatoms. The molecular formula is C13H15N3OS. The first kappa shape index (κ1) is 12.4. The summed E-state index contributed by atoms with van der Waals surface area (Å²) < 4.78 is 0. The molecule has 0 saturated carbocycles. The molecule has 0 aliphatic rings. The fourth-order valence-electron chi connectivity index (χ4n) is 1.74. The van der Waals surface area contributed by atoms with Crippen LogP contribution >= 0.6 is 11.3 Å². The number of hydrogen-bond donors (Lipinski definition) is 2. The molecule has 0 spiro atoms. The molecule has 0 aliphatic heterocycles. The molecule has 1 aromatic heterocycles. The normalized spacial score (nSPS) is 10.3. The second-order valence-corrected chi connectivity index (χ2v) is 4.90. The van der Waals surface area contributed by atoms with E-state index in [4.69, 9.17) is 11.5 Å². The number of thiophene rings is 1. The fraction of sp³-hybridized carbons (Fsp3) is 0.154. The Bertz CT molecular complexity index is 551. The highest BCUT2D eigenvalue weighted by molar-refractivity contribution is 7.07. The minimum Gasteiger partial charge on any atom is -0.398 e. The van der Waals surface area contributed by atoms with E-state index < -0.39 is 5.91 Å². The molecule has 1 aromatic carbocycles. The summed E-state index contributed by atoms with van der Waals surface area (Å²) in [6.45, 7) is 0.783. The van der Waals surface area contributed by atoms with Crippen molar-refractivity contribution in [3.8, 4) is 0 Å². The number of carbonyl (C=O) groups is 1. The van der Waals surface area contributed by atoms with Crippen molar-refractivity contribution in [2.24, 2.45) is 5.73 Å². The van der Waals surface area contributed by atoms with Crippen molar-refractivity contribution >= 4 is 28.6 Å². The molecule has 1 heterocycles. The van der Waals surface area contributed by atoms with E-state index in [2.05, 4.69) is 11.4 Å². The van der Waals surface area contributed by atoms with Gasteiger partial charge in [-0.25, -0.2) is 0 Å². The zero-order chi connectivity index (χ0) is 13.1. The van der Waals surface area contributed by atoms with Crippen LogP contribution in [0, 0.1) is 0 Å². The van der Waals surface area contributed by atoms with Crippen molar-refractivity contribution in [1.29, 1.82) is 0 Å². The molecule has 4 nitrogen and oxygen atoms in total. The molecule has 0 bridgehead atoms. The molecule has 18 heavy (non-hydrogen) atoms. The standard InChI is InChI=1S/C13H15N3OS/c1-16(7-9-4-5-18-8-9)10-2-3-12(14)11(6-10)13(15)17/h2-6,8H,7,14H2,1H3,(H2,15,17). The predicted octanol–water partition coefficient (Wildman–Crippen LogP) is 2.07. The van der Waals surface area contributed by atoms with Gasteiger partial charge in [-0.15, -0.1) is 0 Å². The largest absolute Gasteiger partial charge is 0.398 e. The molecule has 0 radical (unpaired) electrons. The van der Waals surface area contributed by atoms with Gasteiger partial charge in [-0.05, 0) is 40.6 Å². The molecule has 0 unspecified atom stereocenters. The number of benzene rings is 1. The van der Waals surface area contributed by atoms with Crippen LogP contribution in [0.1, 0.15) is 15.9 Å². The number of nitrogens with two attached hydrogens (primary N) is 2. The molecule has 2 aromatic rings. The predicted molar refractivity (Wildman–Crippen MR) is 75.8 cm³/mol. The smallest absolute Gasteiger partial charge is 0.250 e. The second-order valence-electron chi connectivity index (χ2n) is 4.12. The Labute approximate surface area is 110 Å². The Kier molecular flexibility index (Phi) is 3.53. The number of hydrogen-bond acceptors (Lipinski definition) is 4. The van der Waals surface area contributed by atoms with Gasteiger partial charge in [-0.3, -0.25) is 4.79 Å². The van der Waals surface area contributed by atoms with Gasteiger partial charge in [-0.2, -0.15) is 11.3 Å². The van der Waals surface area contributed by atoms with Crippen LogP contribution in [-0.2, 0) is 6.54 Å². The van der Waals surface area contributed by atoms with E-state index >= 15 is 0 Å². The third kappa shape index (κ3) is 2.62. The molecule has 2 rings (SSSR count). The van der Waals surface area contributed by atoms with Crippen LogP contribution in [0.3, 0.4) is 0 Å². The van der Waals surface area contributed by atoms with Crippen molar-refractivity contribution in [2.75, 3.05) is 17.7 Å². The number of primary amides is 1. The van der Waals surface area contributed by atoms with E-state index in [1.807, 2.05) is 23.4 Å². The van der Waals surface area contributed by atoms with Crippen LogP contribution in [0.2, 0.25) is 0 Å². The van der Waals surface area contributed by atoms with E-state index in [0.717, 1.165) is 12.2 Å². The summed E-state index contributed by atoms with van der Waals surface area (Å²) in [5, 5.41) is 4.14. The summed E-state index contributed by atoms with van der Waals surface area (Å²) in [6, 6.07) is 7.39. The number of nitrogen functional groups attached to an aromatic ring is 1. The molecular weight excluding hydrogens is 246 g/mol. The maximum Gasteiger partial charge on any atom is 0.250 e. The molecule has 0 saturated heterocycles. The average Bonchev–Trinajstić information content (AvgIpc) is 2.81. The lowest BCUT2D eigenvalue weighted by molar-refractivity contribution is 0.100. The van der Waals surface area contributed by atoms with Gasteiger partial charge in [0.15, 0.2) is 0 Å². The Hall–Kier alpha value is -2.01. The number of nitrogens with zero attached hydrogens (tertiary/aromatic N) is 1. The number of carbonyl (C=O) groups excluding carboxylic acids is 1. The van der Waals surface area contributed by atoms with Gasteiger partial charge in [0.1, 0.15) is 0 Å². The Morgan fingerprint density at radius 3 is 2.78 bits per heavy atom. The Balaban J connectivity index is 2.22. The Morgan fingerprint density at radius 2 is 2.17 bits per heavy atom. The molecule has 4 N–H and O–H groups in total. The van der Waals surface area contributed by atoms with E-state index in [0.29, 0.717) is 11.3 Å². The first-order valence-corrected chi connectivity index (χ1v) is 6.44. The number of rotatable bonds is 4. The molecule has 0 atom stereocenters. The summed E-state index contributed by atoms with van der Waals surface area (Å²) in [7, 11) is 1.97. The van der Waals surface area contributed by atoms with Gasteiger partial charge in [0, 0.05) is 25.0 Å². The first-order valence-electron chi connectivity index (χ1n) is 5.49. The average molecular weight is 261 g/mol. The maximum absolute atomic E-state index is 11.2. The highest BCUT2D eigenvalue weighted by atomic mass is 32.1. The van der Waals surface area contributed by atoms with E-state index in [1.54, 1.807) is 23.5 Å². The van der Waals surface area contributed by atoms with Crippen LogP contribution in [0.5, 0.6) is 0 Å². The topological polar surface area (TPSA) is 72.3 Å². The summed E-state index contributed by atoms with van der Waals surface area (Å²) in [4.78, 5) is 13.3. The lowest BCUT2D eigenvalue weighted by Gasteiger charge is -2.19. The van der Waals surface area contributed by atoms with Gasteiger partial charge >= 0.3 is 0 Å². The highest BCUT2D eigenvalue weighted by Gasteiger charge is 2.09.